The number of esters is 1. The van der Waals surface area contributed by atoms with Crippen LogP contribution in [-0.2, 0) is 4.74 Å². The van der Waals surface area contributed by atoms with Crippen LogP contribution >= 0.6 is 0 Å². The Labute approximate surface area is 189 Å². The SMILES string of the molecule is CCOC(=O)c1cc(-c2ccc(C)c(C)c2)n(-c2ccc(C(=O)N[C@H](C)C(C)C)cc2)n1. The maximum absolute atomic E-state index is 12.5. The standard InChI is InChI=1S/C26H31N3O3/c1-7-32-26(31)23-15-24(21-9-8-17(4)18(5)14-21)29(28-23)22-12-10-20(11-13-22)25(30)27-19(6)16(2)3/h8-16,19H,7H2,1-6H3,(H,27,30)/t19-/m1/s1. The van der Waals surface area contributed by atoms with Crippen molar-refractivity contribution in [2.45, 2.75) is 47.6 Å². The van der Waals surface area contributed by atoms with E-state index in [-0.39, 0.29) is 24.2 Å². The van der Waals surface area contributed by atoms with Crippen LogP contribution in [0.5, 0.6) is 0 Å². The highest BCUT2D eigenvalue weighted by Gasteiger charge is 2.19. The summed E-state index contributed by atoms with van der Waals surface area (Å²) in [6.45, 7) is 12.3. The Hall–Kier alpha value is -3.41. The maximum atomic E-state index is 12.5. The molecular weight excluding hydrogens is 402 g/mol. The number of nitrogens with zero attached hydrogens (tertiary/aromatic N) is 2. The van der Waals surface area contributed by atoms with Crippen LogP contribution in [0.25, 0.3) is 16.9 Å². The molecule has 0 aliphatic rings. The molecule has 0 saturated heterocycles. The van der Waals surface area contributed by atoms with E-state index in [1.54, 1.807) is 29.8 Å². The van der Waals surface area contributed by atoms with Gasteiger partial charge >= 0.3 is 5.97 Å². The van der Waals surface area contributed by atoms with Crippen molar-refractivity contribution < 1.29 is 14.3 Å². The van der Waals surface area contributed by atoms with Gasteiger partial charge in [0.2, 0.25) is 0 Å². The molecule has 0 aliphatic carbocycles. The molecule has 6 heteroatoms. The Morgan fingerprint density at radius 2 is 1.69 bits per heavy atom. The number of ether oxygens (including phenoxy) is 1. The van der Waals surface area contributed by atoms with Gasteiger partial charge in [-0.2, -0.15) is 5.10 Å². The second-order valence-electron chi connectivity index (χ2n) is 8.40. The molecule has 0 aliphatic heterocycles. The molecule has 32 heavy (non-hydrogen) atoms. The third-order valence-electron chi connectivity index (χ3n) is 5.73. The first-order valence-electron chi connectivity index (χ1n) is 11.0. The molecule has 1 heterocycles. The highest BCUT2D eigenvalue weighted by atomic mass is 16.5. The summed E-state index contributed by atoms with van der Waals surface area (Å²) >= 11 is 0. The third-order valence-corrected chi connectivity index (χ3v) is 5.73. The average Bonchev–Trinajstić information content (AvgIpc) is 3.21. The fourth-order valence-electron chi connectivity index (χ4n) is 3.20. The third kappa shape index (κ3) is 5.07. The van der Waals surface area contributed by atoms with Crippen LogP contribution in [0.15, 0.2) is 48.5 Å². The smallest absolute Gasteiger partial charge is 0.358 e. The molecule has 0 spiro atoms. The van der Waals surface area contributed by atoms with Crippen LogP contribution in [0.1, 0.15) is 59.7 Å². The number of rotatable bonds is 7. The molecule has 0 unspecified atom stereocenters. The minimum absolute atomic E-state index is 0.0804. The number of amides is 1. The van der Waals surface area contributed by atoms with Gasteiger partial charge in [-0.15, -0.1) is 0 Å². The minimum Gasteiger partial charge on any atom is -0.461 e. The van der Waals surface area contributed by atoms with E-state index in [1.165, 1.54) is 5.56 Å². The predicted molar refractivity (Wildman–Crippen MR) is 126 cm³/mol. The normalized spacial score (nSPS) is 12.0. The predicted octanol–water partition coefficient (Wildman–Crippen LogP) is 5.11. The lowest BCUT2D eigenvalue weighted by molar-refractivity contribution is 0.0518. The number of hydrogen-bond acceptors (Lipinski definition) is 4. The van der Waals surface area contributed by atoms with Crippen LogP contribution in [-0.4, -0.2) is 34.3 Å². The number of nitrogens with one attached hydrogen (secondary N) is 1. The maximum Gasteiger partial charge on any atom is 0.358 e. The van der Waals surface area contributed by atoms with E-state index in [2.05, 4.69) is 50.2 Å². The van der Waals surface area contributed by atoms with Crippen molar-refractivity contribution in [3.8, 4) is 16.9 Å². The van der Waals surface area contributed by atoms with Gasteiger partial charge < -0.3 is 10.1 Å². The Bertz CT molecular complexity index is 1110. The van der Waals surface area contributed by atoms with Crippen molar-refractivity contribution in [2.24, 2.45) is 5.92 Å². The summed E-state index contributed by atoms with van der Waals surface area (Å²) in [5.41, 5.74) is 5.64. The van der Waals surface area contributed by atoms with Gasteiger partial charge in [-0.3, -0.25) is 4.79 Å². The van der Waals surface area contributed by atoms with Crippen molar-refractivity contribution in [3.05, 3.63) is 70.9 Å². The number of carbonyl (C=O) groups is 2. The summed E-state index contributed by atoms with van der Waals surface area (Å²) in [5.74, 6) is -0.223. The van der Waals surface area contributed by atoms with Crippen LogP contribution in [0.4, 0.5) is 0 Å². The second-order valence-corrected chi connectivity index (χ2v) is 8.40. The molecule has 1 amide bonds. The molecule has 0 saturated carbocycles. The number of aryl methyl sites for hydroxylation is 2. The van der Waals surface area contributed by atoms with Gasteiger partial charge in [-0.1, -0.05) is 26.0 Å². The molecule has 3 rings (SSSR count). The zero-order chi connectivity index (χ0) is 23.4. The molecule has 0 fully saturated rings. The van der Waals surface area contributed by atoms with Gasteiger partial charge in [0.05, 0.1) is 18.0 Å². The number of aromatic nitrogens is 2. The van der Waals surface area contributed by atoms with Crippen LogP contribution in [0, 0.1) is 19.8 Å². The van der Waals surface area contributed by atoms with Crippen molar-refractivity contribution in [1.29, 1.82) is 0 Å². The number of benzene rings is 2. The minimum atomic E-state index is -0.463. The molecule has 3 aromatic rings. The molecule has 168 valence electrons. The lowest BCUT2D eigenvalue weighted by atomic mass is 10.0. The largest absolute Gasteiger partial charge is 0.461 e. The second kappa shape index (κ2) is 9.81. The quantitative estimate of drug-likeness (QED) is 0.526. The van der Waals surface area contributed by atoms with E-state index in [0.29, 0.717) is 11.5 Å². The van der Waals surface area contributed by atoms with E-state index in [4.69, 9.17) is 4.74 Å². The molecule has 0 radical (unpaired) electrons. The van der Waals surface area contributed by atoms with Crippen LogP contribution in [0.3, 0.4) is 0 Å². The van der Waals surface area contributed by atoms with Gasteiger partial charge in [0.1, 0.15) is 0 Å². The lowest BCUT2D eigenvalue weighted by Gasteiger charge is -2.17. The zero-order valence-corrected chi connectivity index (χ0v) is 19.6. The molecule has 1 atom stereocenters. The lowest BCUT2D eigenvalue weighted by Crippen LogP contribution is -2.36. The first-order valence-corrected chi connectivity index (χ1v) is 11.0. The van der Waals surface area contributed by atoms with Crippen LogP contribution in [0.2, 0.25) is 0 Å². The van der Waals surface area contributed by atoms with Gasteiger partial charge in [0.25, 0.3) is 5.91 Å². The summed E-state index contributed by atoms with van der Waals surface area (Å²) in [7, 11) is 0. The molecule has 1 N–H and O–H groups in total. The molecular formula is C26H31N3O3. The first kappa shape index (κ1) is 23.3. The van der Waals surface area contributed by atoms with Crippen molar-refractivity contribution >= 4 is 11.9 Å². The highest BCUT2D eigenvalue weighted by Crippen LogP contribution is 2.26. The summed E-state index contributed by atoms with van der Waals surface area (Å²) in [6.07, 6.45) is 0. The van der Waals surface area contributed by atoms with Gasteiger partial charge in [0.15, 0.2) is 5.69 Å². The van der Waals surface area contributed by atoms with Crippen molar-refractivity contribution in [3.63, 3.8) is 0 Å². The van der Waals surface area contributed by atoms with E-state index < -0.39 is 5.97 Å². The molecule has 1 aromatic heterocycles. The molecule has 0 bridgehead atoms. The molecule has 2 aromatic carbocycles. The monoisotopic (exact) mass is 433 g/mol. The van der Waals surface area contributed by atoms with Gasteiger partial charge in [0, 0.05) is 17.2 Å². The van der Waals surface area contributed by atoms with E-state index in [0.717, 1.165) is 22.5 Å². The van der Waals surface area contributed by atoms with E-state index in [9.17, 15) is 9.59 Å². The van der Waals surface area contributed by atoms with Gasteiger partial charge in [-0.25, -0.2) is 9.48 Å². The summed E-state index contributed by atoms with van der Waals surface area (Å²) in [4.78, 5) is 24.9. The Balaban J connectivity index is 1.99. The summed E-state index contributed by atoms with van der Waals surface area (Å²) < 4.78 is 6.87. The van der Waals surface area contributed by atoms with Crippen molar-refractivity contribution in [2.75, 3.05) is 6.61 Å². The van der Waals surface area contributed by atoms with E-state index >= 15 is 0 Å². The summed E-state index contributed by atoms with van der Waals surface area (Å²) in [5, 5.41) is 7.53. The molecule has 6 nitrogen and oxygen atoms in total. The number of carbonyl (C=O) groups excluding carboxylic acids is 2. The fourth-order valence-corrected chi connectivity index (χ4v) is 3.20. The zero-order valence-electron chi connectivity index (χ0n) is 19.6. The Morgan fingerprint density at radius 1 is 1.00 bits per heavy atom. The van der Waals surface area contributed by atoms with Gasteiger partial charge in [-0.05, 0) is 81.1 Å². The topological polar surface area (TPSA) is 73.2 Å². The van der Waals surface area contributed by atoms with Crippen LogP contribution < -0.4 is 5.32 Å². The van der Waals surface area contributed by atoms with E-state index in [1.807, 2.05) is 25.1 Å². The summed E-state index contributed by atoms with van der Waals surface area (Å²) in [6, 6.07) is 15.2. The van der Waals surface area contributed by atoms with Crippen molar-refractivity contribution in [1.82, 2.24) is 15.1 Å². The first-order chi connectivity index (χ1) is 15.2. The number of hydrogen-bond donors (Lipinski definition) is 1. The fraction of sp³-hybridized carbons (Fsp3) is 0.346. The Morgan fingerprint density at radius 3 is 2.28 bits per heavy atom. The average molecular weight is 434 g/mol. The Kier molecular flexibility index (Phi) is 7.13. The highest BCUT2D eigenvalue weighted by molar-refractivity contribution is 5.94.